The van der Waals surface area contributed by atoms with Crippen molar-refractivity contribution in [3.8, 4) is 0 Å². The second-order valence-corrected chi connectivity index (χ2v) is 3.58. The number of hydrogen-bond donors (Lipinski definition) is 1. The maximum Gasteiger partial charge on any atom is 0.246 e. The second kappa shape index (κ2) is 5.02. The van der Waals surface area contributed by atoms with Gasteiger partial charge in [-0.2, -0.15) is 0 Å². The van der Waals surface area contributed by atoms with E-state index in [-0.39, 0.29) is 18.1 Å². The summed E-state index contributed by atoms with van der Waals surface area (Å²) in [4.78, 5) is 13.0. The molecule has 0 fully saturated rings. The minimum absolute atomic E-state index is 0.0109. The summed E-state index contributed by atoms with van der Waals surface area (Å²) in [7, 11) is 0. The topological polar surface area (TPSA) is 40.5 Å². The fraction of sp³-hybridized carbons (Fsp3) is 0.700. The smallest absolute Gasteiger partial charge is 0.246 e. The zero-order valence-electron chi connectivity index (χ0n) is 8.71. The molecule has 13 heavy (non-hydrogen) atoms. The molecule has 76 valence electrons. The largest absolute Gasteiger partial charge is 0.395 e. The predicted octanol–water partition coefficient (Wildman–Crippen LogP) is 1.18. The van der Waals surface area contributed by atoms with Crippen molar-refractivity contribution in [1.82, 2.24) is 4.90 Å². The molecule has 0 aromatic carbocycles. The fourth-order valence-electron chi connectivity index (χ4n) is 1.11. The number of carbonyl (C=O) groups excluding carboxylic acids is 1. The van der Waals surface area contributed by atoms with E-state index in [1.54, 1.807) is 4.90 Å². The highest BCUT2D eigenvalue weighted by atomic mass is 16.3. The first-order chi connectivity index (χ1) is 5.99. The summed E-state index contributed by atoms with van der Waals surface area (Å²) in [5, 5.41) is 8.81. The van der Waals surface area contributed by atoms with Crippen LogP contribution in [0.5, 0.6) is 0 Å². The zero-order chi connectivity index (χ0) is 10.5. The number of carbonyl (C=O) groups is 1. The highest BCUT2D eigenvalue weighted by Gasteiger charge is 2.26. The van der Waals surface area contributed by atoms with E-state index >= 15 is 0 Å². The van der Waals surface area contributed by atoms with E-state index in [0.29, 0.717) is 6.54 Å². The van der Waals surface area contributed by atoms with Gasteiger partial charge < -0.3 is 10.0 Å². The van der Waals surface area contributed by atoms with E-state index in [1.807, 2.05) is 20.8 Å². The Kier molecular flexibility index (Phi) is 4.70. The van der Waals surface area contributed by atoms with Gasteiger partial charge in [-0.15, -0.1) is 0 Å². The van der Waals surface area contributed by atoms with Crippen LogP contribution in [0.2, 0.25) is 0 Å². The van der Waals surface area contributed by atoms with E-state index in [0.717, 1.165) is 6.42 Å². The Morgan fingerprint density at radius 3 is 2.46 bits per heavy atom. The van der Waals surface area contributed by atoms with Crippen molar-refractivity contribution in [2.45, 2.75) is 32.7 Å². The molecule has 0 atom stereocenters. The molecular formula is C10H19NO2. The number of β-amino-alcohol motifs (C(OH)–C–C–N with tert-alkyl or cyclic N) is 1. The van der Waals surface area contributed by atoms with Gasteiger partial charge in [-0.1, -0.05) is 13.5 Å². The van der Waals surface area contributed by atoms with Crippen LogP contribution in [0.3, 0.4) is 0 Å². The molecule has 0 aromatic heterocycles. The number of aliphatic hydroxyl groups excluding tert-OH is 1. The van der Waals surface area contributed by atoms with Crippen molar-refractivity contribution >= 4 is 5.91 Å². The molecule has 0 heterocycles. The van der Waals surface area contributed by atoms with Gasteiger partial charge >= 0.3 is 0 Å². The molecule has 0 aliphatic rings. The molecule has 1 N–H and O–H groups in total. The van der Waals surface area contributed by atoms with Gasteiger partial charge in [-0.25, -0.2) is 0 Å². The molecule has 1 amide bonds. The zero-order valence-corrected chi connectivity index (χ0v) is 8.71. The van der Waals surface area contributed by atoms with Crippen molar-refractivity contribution in [3.63, 3.8) is 0 Å². The van der Waals surface area contributed by atoms with Crippen LogP contribution in [0.4, 0.5) is 0 Å². The van der Waals surface area contributed by atoms with Gasteiger partial charge in [0.1, 0.15) is 0 Å². The first-order valence-electron chi connectivity index (χ1n) is 4.54. The van der Waals surface area contributed by atoms with Gasteiger partial charge in [0.2, 0.25) is 5.91 Å². The molecule has 0 unspecified atom stereocenters. The Morgan fingerprint density at radius 2 is 2.15 bits per heavy atom. The minimum Gasteiger partial charge on any atom is -0.395 e. The Labute approximate surface area is 80.0 Å². The monoisotopic (exact) mass is 185 g/mol. The van der Waals surface area contributed by atoms with E-state index in [1.165, 1.54) is 6.08 Å². The summed E-state index contributed by atoms with van der Waals surface area (Å²) in [6.07, 6.45) is 2.14. The second-order valence-electron chi connectivity index (χ2n) is 3.58. The standard InChI is InChI=1S/C10H19NO2/c1-5-9(13)11(7-8-12)10(3,4)6-2/h5,12H,1,6-8H2,2-4H3. The maximum atomic E-state index is 11.4. The van der Waals surface area contributed by atoms with Crippen molar-refractivity contribution in [2.75, 3.05) is 13.2 Å². The normalized spacial score (nSPS) is 11.1. The third kappa shape index (κ3) is 3.19. The summed E-state index contributed by atoms with van der Waals surface area (Å²) in [6.45, 7) is 9.76. The highest BCUT2D eigenvalue weighted by molar-refractivity contribution is 5.87. The molecule has 0 aromatic rings. The molecule has 0 saturated heterocycles. The Balaban J connectivity index is 4.58. The van der Waals surface area contributed by atoms with Crippen LogP contribution in [0, 0.1) is 0 Å². The van der Waals surface area contributed by atoms with Gasteiger partial charge in [-0.05, 0) is 26.3 Å². The van der Waals surface area contributed by atoms with Crippen LogP contribution in [0.1, 0.15) is 27.2 Å². The number of nitrogens with zero attached hydrogens (tertiary/aromatic N) is 1. The summed E-state index contributed by atoms with van der Waals surface area (Å²) < 4.78 is 0. The first kappa shape index (κ1) is 12.2. The average molecular weight is 185 g/mol. The van der Waals surface area contributed by atoms with Crippen LogP contribution in [-0.4, -0.2) is 34.6 Å². The van der Waals surface area contributed by atoms with Gasteiger partial charge in [0.25, 0.3) is 0 Å². The lowest BCUT2D eigenvalue weighted by Crippen LogP contribution is -2.48. The predicted molar refractivity (Wildman–Crippen MR) is 53.4 cm³/mol. The molecule has 0 radical (unpaired) electrons. The lowest BCUT2D eigenvalue weighted by Gasteiger charge is -2.37. The van der Waals surface area contributed by atoms with E-state index in [9.17, 15) is 4.79 Å². The number of rotatable bonds is 5. The summed E-state index contributed by atoms with van der Waals surface area (Å²) in [5.74, 6) is -0.124. The molecule has 0 bridgehead atoms. The van der Waals surface area contributed by atoms with Crippen molar-refractivity contribution in [1.29, 1.82) is 0 Å². The van der Waals surface area contributed by atoms with Crippen molar-refractivity contribution < 1.29 is 9.90 Å². The number of hydrogen-bond acceptors (Lipinski definition) is 2. The maximum absolute atomic E-state index is 11.4. The minimum atomic E-state index is -0.214. The molecule has 0 aliphatic carbocycles. The quantitative estimate of drug-likeness (QED) is 0.653. The number of amides is 1. The Hall–Kier alpha value is -0.830. The number of aliphatic hydroxyl groups is 1. The van der Waals surface area contributed by atoms with E-state index in [4.69, 9.17) is 5.11 Å². The summed E-state index contributed by atoms with van der Waals surface area (Å²) in [5.41, 5.74) is -0.214. The fourth-order valence-corrected chi connectivity index (χ4v) is 1.11. The van der Waals surface area contributed by atoms with E-state index in [2.05, 4.69) is 6.58 Å². The molecule has 0 saturated carbocycles. The lowest BCUT2D eigenvalue weighted by atomic mass is 9.99. The van der Waals surface area contributed by atoms with E-state index < -0.39 is 0 Å². The van der Waals surface area contributed by atoms with Gasteiger partial charge in [-0.3, -0.25) is 4.79 Å². The Morgan fingerprint density at radius 1 is 1.62 bits per heavy atom. The van der Waals surface area contributed by atoms with Crippen LogP contribution in [0.25, 0.3) is 0 Å². The molecule has 0 rings (SSSR count). The first-order valence-corrected chi connectivity index (χ1v) is 4.54. The van der Waals surface area contributed by atoms with Gasteiger partial charge in [0.05, 0.1) is 6.61 Å². The van der Waals surface area contributed by atoms with Crippen LogP contribution < -0.4 is 0 Å². The highest BCUT2D eigenvalue weighted by Crippen LogP contribution is 2.18. The van der Waals surface area contributed by atoms with Gasteiger partial charge in [0, 0.05) is 12.1 Å². The molecule has 3 heteroatoms. The Bertz CT molecular complexity index is 187. The van der Waals surface area contributed by atoms with Crippen molar-refractivity contribution in [3.05, 3.63) is 12.7 Å². The van der Waals surface area contributed by atoms with Crippen LogP contribution >= 0.6 is 0 Å². The summed E-state index contributed by atoms with van der Waals surface area (Å²) >= 11 is 0. The van der Waals surface area contributed by atoms with Crippen LogP contribution in [0.15, 0.2) is 12.7 Å². The van der Waals surface area contributed by atoms with Crippen molar-refractivity contribution in [2.24, 2.45) is 0 Å². The molecule has 3 nitrogen and oxygen atoms in total. The van der Waals surface area contributed by atoms with Crippen LogP contribution in [-0.2, 0) is 4.79 Å². The molecular weight excluding hydrogens is 166 g/mol. The third-order valence-electron chi connectivity index (χ3n) is 2.36. The average Bonchev–Trinajstić information content (AvgIpc) is 2.12. The molecule has 0 aliphatic heterocycles. The SMILES string of the molecule is C=CC(=O)N(CCO)C(C)(C)CC. The molecule has 0 spiro atoms. The summed E-state index contributed by atoms with van der Waals surface area (Å²) in [6, 6.07) is 0. The van der Waals surface area contributed by atoms with Gasteiger partial charge in [0.15, 0.2) is 0 Å². The third-order valence-corrected chi connectivity index (χ3v) is 2.36. The lowest BCUT2D eigenvalue weighted by molar-refractivity contribution is -0.131.